The first-order valence-electron chi connectivity index (χ1n) is 6.17. The van der Waals surface area contributed by atoms with Crippen molar-refractivity contribution in [2.75, 3.05) is 25.0 Å². The normalized spacial score (nSPS) is 28.4. The first-order chi connectivity index (χ1) is 7.99. The van der Waals surface area contributed by atoms with E-state index in [1.54, 1.807) is 11.3 Å². The van der Waals surface area contributed by atoms with Crippen molar-refractivity contribution in [3.05, 3.63) is 11.1 Å². The number of thiazole rings is 1. The molecular weight excluding hydrogens is 232 g/mol. The van der Waals surface area contributed by atoms with E-state index in [4.69, 9.17) is 5.73 Å². The van der Waals surface area contributed by atoms with E-state index in [9.17, 15) is 0 Å². The van der Waals surface area contributed by atoms with Crippen LogP contribution >= 0.6 is 11.3 Å². The third-order valence-electron chi connectivity index (χ3n) is 3.59. The molecule has 0 amide bonds. The molecule has 0 aliphatic carbocycles. The monoisotopic (exact) mass is 254 g/mol. The fourth-order valence-electron chi connectivity index (χ4n) is 2.19. The predicted octanol–water partition coefficient (Wildman–Crippen LogP) is 1.69. The zero-order valence-corrected chi connectivity index (χ0v) is 11.9. The van der Waals surface area contributed by atoms with Crippen molar-refractivity contribution in [3.8, 4) is 0 Å². The van der Waals surface area contributed by atoms with Gasteiger partial charge in [-0.15, -0.1) is 11.3 Å². The van der Waals surface area contributed by atoms with Crippen molar-refractivity contribution < 1.29 is 0 Å². The van der Waals surface area contributed by atoms with Crippen molar-refractivity contribution in [1.82, 2.24) is 9.88 Å². The van der Waals surface area contributed by atoms with Gasteiger partial charge in [-0.3, -0.25) is 4.90 Å². The van der Waals surface area contributed by atoms with Gasteiger partial charge in [0.1, 0.15) is 0 Å². The average Bonchev–Trinajstić information content (AvgIpc) is 2.74. The number of nitrogens with zero attached hydrogens (tertiary/aromatic N) is 3. The average molecular weight is 254 g/mol. The molecule has 4 nitrogen and oxygen atoms in total. The van der Waals surface area contributed by atoms with E-state index in [-0.39, 0.29) is 6.04 Å². The third kappa shape index (κ3) is 2.61. The molecule has 1 aromatic rings. The number of hydrogen-bond acceptors (Lipinski definition) is 5. The van der Waals surface area contributed by atoms with E-state index >= 15 is 0 Å². The van der Waals surface area contributed by atoms with E-state index in [2.05, 4.69) is 35.7 Å². The topological polar surface area (TPSA) is 45.4 Å². The highest BCUT2D eigenvalue weighted by Crippen LogP contribution is 2.28. The van der Waals surface area contributed by atoms with Gasteiger partial charge in [-0.05, 0) is 27.8 Å². The second-order valence-electron chi connectivity index (χ2n) is 5.10. The van der Waals surface area contributed by atoms with Crippen LogP contribution in [-0.4, -0.2) is 42.1 Å². The van der Waals surface area contributed by atoms with Crippen molar-refractivity contribution in [2.45, 2.75) is 38.9 Å². The molecule has 2 rings (SSSR count). The van der Waals surface area contributed by atoms with Crippen molar-refractivity contribution in [3.63, 3.8) is 0 Å². The van der Waals surface area contributed by atoms with E-state index in [1.165, 1.54) is 4.88 Å². The maximum Gasteiger partial charge on any atom is 0.185 e. The lowest BCUT2D eigenvalue weighted by Crippen LogP contribution is -2.55. The zero-order valence-electron chi connectivity index (χ0n) is 11.1. The lowest BCUT2D eigenvalue weighted by atomic mass is 10.1. The van der Waals surface area contributed by atoms with Gasteiger partial charge in [0.15, 0.2) is 5.13 Å². The molecule has 0 spiro atoms. The summed E-state index contributed by atoms with van der Waals surface area (Å²) in [7, 11) is 2.20. The van der Waals surface area contributed by atoms with Gasteiger partial charge in [-0.25, -0.2) is 4.98 Å². The van der Waals surface area contributed by atoms with Crippen LogP contribution in [0.25, 0.3) is 0 Å². The molecule has 3 unspecified atom stereocenters. The summed E-state index contributed by atoms with van der Waals surface area (Å²) < 4.78 is 0. The van der Waals surface area contributed by atoms with Crippen LogP contribution in [0.5, 0.6) is 0 Å². The first-order valence-corrected chi connectivity index (χ1v) is 6.99. The Labute approximate surface area is 107 Å². The second-order valence-corrected chi connectivity index (χ2v) is 6.14. The van der Waals surface area contributed by atoms with E-state index < -0.39 is 0 Å². The standard InChI is InChI=1S/C12H22N4S/c1-8-6-16(7-9(2)15(8)4)12-14-5-11(17-12)10(3)13/h5,8-10H,6-7,13H2,1-4H3. The highest BCUT2D eigenvalue weighted by molar-refractivity contribution is 7.15. The molecule has 2 heterocycles. The Morgan fingerprint density at radius 2 is 2.00 bits per heavy atom. The number of piperazine rings is 1. The second kappa shape index (κ2) is 4.92. The molecule has 1 aliphatic heterocycles. The van der Waals surface area contributed by atoms with Crippen molar-refractivity contribution >= 4 is 16.5 Å². The van der Waals surface area contributed by atoms with Gasteiger partial charge in [-0.2, -0.15) is 0 Å². The molecule has 3 atom stereocenters. The van der Waals surface area contributed by atoms with Gasteiger partial charge < -0.3 is 10.6 Å². The molecule has 1 fully saturated rings. The fourth-order valence-corrected chi connectivity index (χ4v) is 3.08. The van der Waals surface area contributed by atoms with Crippen LogP contribution in [-0.2, 0) is 0 Å². The molecule has 17 heavy (non-hydrogen) atoms. The SMILES string of the molecule is CC(N)c1cnc(N2CC(C)N(C)C(C)C2)s1. The molecule has 2 N–H and O–H groups in total. The zero-order chi connectivity index (χ0) is 12.6. The van der Waals surface area contributed by atoms with Crippen LogP contribution < -0.4 is 10.6 Å². The van der Waals surface area contributed by atoms with Crippen molar-refractivity contribution in [2.24, 2.45) is 5.73 Å². The number of hydrogen-bond donors (Lipinski definition) is 1. The number of anilines is 1. The molecule has 0 bridgehead atoms. The van der Waals surface area contributed by atoms with Gasteiger partial charge in [0.2, 0.25) is 0 Å². The lowest BCUT2D eigenvalue weighted by Gasteiger charge is -2.42. The minimum atomic E-state index is 0.0866. The Kier molecular flexibility index (Phi) is 3.70. The summed E-state index contributed by atoms with van der Waals surface area (Å²) in [4.78, 5) is 10.5. The molecule has 0 saturated carbocycles. The number of aromatic nitrogens is 1. The Hall–Kier alpha value is -0.650. The Bertz CT molecular complexity index is 364. The molecule has 0 aromatic carbocycles. The van der Waals surface area contributed by atoms with Crippen LogP contribution in [0, 0.1) is 0 Å². The fraction of sp³-hybridized carbons (Fsp3) is 0.750. The maximum absolute atomic E-state index is 5.88. The Balaban J connectivity index is 2.11. The summed E-state index contributed by atoms with van der Waals surface area (Å²) in [6, 6.07) is 1.23. The number of likely N-dealkylation sites (N-methyl/N-ethyl adjacent to an activating group) is 1. The van der Waals surface area contributed by atoms with Crippen LogP contribution in [0.15, 0.2) is 6.20 Å². The molecule has 96 valence electrons. The minimum Gasteiger partial charge on any atom is -0.345 e. The molecular formula is C12H22N4S. The summed E-state index contributed by atoms with van der Waals surface area (Å²) in [5, 5.41) is 1.11. The van der Waals surface area contributed by atoms with Crippen LogP contribution in [0.1, 0.15) is 31.7 Å². The van der Waals surface area contributed by atoms with Gasteiger partial charge >= 0.3 is 0 Å². The molecule has 1 aromatic heterocycles. The summed E-state index contributed by atoms with van der Waals surface area (Å²) in [5.41, 5.74) is 5.88. The quantitative estimate of drug-likeness (QED) is 0.872. The van der Waals surface area contributed by atoms with Gasteiger partial charge in [0.05, 0.1) is 0 Å². The Morgan fingerprint density at radius 1 is 1.41 bits per heavy atom. The van der Waals surface area contributed by atoms with Gasteiger partial charge in [0, 0.05) is 42.3 Å². The highest BCUT2D eigenvalue weighted by Gasteiger charge is 2.28. The largest absolute Gasteiger partial charge is 0.345 e. The lowest BCUT2D eigenvalue weighted by molar-refractivity contribution is 0.170. The minimum absolute atomic E-state index is 0.0866. The van der Waals surface area contributed by atoms with Crippen molar-refractivity contribution in [1.29, 1.82) is 0 Å². The molecule has 1 aliphatic rings. The van der Waals surface area contributed by atoms with Crippen LogP contribution in [0.3, 0.4) is 0 Å². The molecule has 1 saturated heterocycles. The van der Waals surface area contributed by atoms with Crippen LogP contribution in [0.2, 0.25) is 0 Å². The van der Waals surface area contributed by atoms with E-state index in [0.717, 1.165) is 18.2 Å². The van der Waals surface area contributed by atoms with Gasteiger partial charge in [0.25, 0.3) is 0 Å². The maximum atomic E-state index is 5.88. The van der Waals surface area contributed by atoms with Crippen LogP contribution in [0.4, 0.5) is 5.13 Å². The van der Waals surface area contributed by atoms with E-state index in [1.807, 2.05) is 13.1 Å². The summed E-state index contributed by atoms with van der Waals surface area (Å²) in [5.74, 6) is 0. The summed E-state index contributed by atoms with van der Waals surface area (Å²) in [6.45, 7) is 8.64. The smallest absolute Gasteiger partial charge is 0.185 e. The summed E-state index contributed by atoms with van der Waals surface area (Å²) >= 11 is 1.72. The third-order valence-corrected chi connectivity index (χ3v) is 4.85. The number of rotatable bonds is 2. The highest BCUT2D eigenvalue weighted by atomic mass is 32.1. The summed E-state index contributed by atoms with van der Waals surface area (Å²) in [6.07, 6.45) is 1.92. The first kappa shape index (κ1) is 12.8. The predicted molar refractivity (Wildman–Crippen MR) is 73.6 cm³/mol. The van der Waals surface area contributed by atoms with E-state index in [0.29, 0.717) is 12.1 Å². The molecule has 0 radical (unpaired) electrons. The number of nitrogens with two attached hydrogens (primary N) is 1. The Morgan fingerprint density at radius 3 is 2.47 bits per heavy atom. The van der Waals surface area contributed by atoms with Gasteiger partial charge in [-0.1, -0.05) is 0 Å². The molecule has 5 heteroatoms.